The average Bonchev–Trinajstić information content (AvgIpc) is 3.21. The van der Waals surface area contributed by atoms with Crippen LogP contribution in [-0.2, 0) is 19.0 Å². The molecule has 1 aliphatic heterocycles. The minimum atomic E-state index is -0.254. The zero-order valence-corrected chi connectivity index (χ0v) is 15.3. The lowest BCUT2D eigenvalue weighted by atomic mass is 9.67. The molecular weight excluding hydrogens is 292 g/mol. The summed E-state index contributed by atoms with van der Waals surface area (Å²) in [5.41, 5.74) is 0.997. The van der Waals surface area contributed by atoms with Crippen molar-refractivity contribution < 1.29 is 19.0 Å². The molecule has 1 aliphatic carbocycles. The summed E-state index contributed by atoms with van der Waals surface area (Å²) in [7, 11) is 0. The van der Waals surface area contributed by atoms with Crippen LogP contribution in [-0.4, -0.2) is 37.0 Å². The van der Waals surface area contributed by atoms with Crippen molar-refractivity contribution in [1.29, 1.82) is 0 Å². The third-order valence-electron chi connectivity index (χ3n) is 5.24. The van der Waals surface area contributed by atoms with Crippen LogP contribution in [0.4, 0.5) is 0 Å². The highest BCUT2D eigenvalue weighted by molar-refractivity contribution is 5.69. The topological polar surface area (TPSA) is 48.1 Å². The Morgan fingerprint density at radius 3 is 2.65 bits per heavy atom. The number of carbonyl (C=O) groups is 1. The molecule has 1 saturated carbocycles. The lowest BCUT2D eigenvalue weighted by Crippen LogP contribution is -2.47. The maximum atomic E-state index is 11.8. The van der Waals surface area contributed by atoms with E-state index in [0.717, 1.165) is 25.9 Å². The van der Waals surface area contributed by atoms with E-state index in [9.17, 15) is 4.79 Å². The predicted octanol–water partition coefficient (Wildman–Crippen LogP) is 3.89. The van der Waals surface area contributed by atoms with Crippen molar-refractivity contribution in [2.75, 3.05) is 19.8 Å². The van der Waals surface area contributed by atoms with Gasteiger partial charge in [0.1, 0.15) is 0 Å². The second-order valence-corrected chi connectivity index (χ2v) is 7.75. The Kier molecular flexibility index (Phi) is 5.90. The van der Waals surface area contributed by atoms with E-state index in [2.05, 4.69) is 33.8 Å². The quantitative estimate of drug-likeness (QED) is 0.405. The number of hydrogen-bond donors (Lipinski definition) is 0. The van der Waals surface area contributed by atoms with Crippen molar-refractivity contribution in [2.45, 2.75) is 71.5 Å². The summed E-state index contributed by atoms with van der Waals surface area (Å²) >= 11 is 0. The number of allylic oxidation sites excluding steroid dienone is 1. The normalized spacial score (nSPS) is 30.1. The highest BCUT2D eigenvalue weighted by Crippen LogP contribution is 2.53. The number of epoxide rings is 1. The molecule has 1 heterocycles. The van der Waals surface area contributed by atoms with Crippen molar-refractivity contribution in [3.63, 3.8) is 0 Å². The second-order valence-electron chi connectivity index (χ2n) is 7.75. The molecule has 2 fully saturated rings. The number of rotatable bonds is 7. The molecule has 132 valence electrons. The predicted molar refractivity (Wildman–Crippen MR) is 90.2 cm³/mol. The van der Waals surface area contributed by atoms with Gasteiger partial charge < -0.3 is 14.2 Å². The first kappa shape index (κ1) is 18.5. The largest absolute Gasteiger partial charge is 0.466 e. The molecular formula is C19H32O4. The Balaban J connectivity index is 1.98. The summed E-state index contributed by atoms with van der Waals surface area (Å²) in [6, 6.07) is 0. The standard InChI is InChI=1S/C19H32O4/c1-6-21-17(20)12-15-7-9-19(13-23-19)16(11-15)18(4,5)22-10-8-14(2)3/h8,15-16H,6-7,9-13H2,1-5H3. The molecule has 1 saturated heterocycles. The molecule has 3 atom stereocenters. The first-order chi connectivity index (χ1) is 10.8. The Morgan fingerprint density at radius 1 is 1.39 bits per heavy atom. The summed E-state index contributed by atoms with van der Waals surface area (Å²) in [6.07, 6.45) is 5.67. The summed E-state index contributed by atoms with van der Waals surface area (Å²) in [5.74, 6) is 0.626. The summed E-state index contributed by atoms with van der Waals surface area (Å²) < 4.78 is 17.2. The highest BCUT2D eigenvalue weighted by atomic mass is 16.6. The zero-order valence-electron chi connectivity index (χ0n) is 15.3. The van der Waals surface area contributed by atoms with Gasteiger partial charge in [-0.1, -0.05) is 11.6 Å². The van der Waals surface area contributed by atoms with Crippen LogP contribution < -0.4 is 0 Å². The average molecular weight is 324 g/mol. The van der Waals surface area contributed by atoms with Crippen molar-refractivity contribution in [3.05, 3.63) is 11.6 Å². The van der Waals surface area contributed by atoms with E-state index in [1.807, 2.05) is 6.92 Å². The zero-order chi connectivity index (χ0) is 17.1. The van der Waals surface area contributed by atoms with Crippen LogP contribution in [0, 0.1) is 11.8 Å². The van der Waals surface area contributed by atoms with E-state index >= 15 is 0 Å². The van der Waals surface area contributed by atoms with Gasteiger partial charge in [-0.25, -0.2) is 0 Å². The van der Waals surface area contributed by atoms with E-state index in [-0.39, 0.29) is 17.2 Å². The van der Waals surface area contributed by atoms with Gasteiger partial charge in [-0.05, 0) is 59.8 Å². The third-order valence-corrected chi connectivity index (χ3v) is 5.24. The maximum Gasteiger partial charge on any atom is 0.306 e. The minimum Gasteiger partial charge on any atom is -0.466 e. The van der Waals surface area contributed by atoms with Crippen LogP contribution in [0.25, 0.3) is 0 Å². The highest BCUT2D eigenvalue weighted by Gasteiger charge is 2.59. The summed E-state index contributed by atoms with van der Waals surface area (Å²) in [6.45, 7) is 12.3. The van der Waals surface area contributed by atoms with Crippen LogP contribution in [0.1, 0.15) is 60.3 Å². The Hall–Kier alpha value is -0.870. The van der Waals surface area contributed by atoms with Crippen LogP contribution in [0.3, 0.4) is 0 Å². The van der Waals surface area contributed by atoms with Crippen molar-refractivity contribution in [2.24, 2.45) is 11.8 Å². The van der Waals surface area contributed by atoms with Crippen LogP contribution >= 0.6 is 0 Å². The van der Waals surface area contributed by atoms with Crippen LogP contribution in [0.5, 0.6) is 0 Å². The van der Waals surface area contributed by atoms with Crippen LogP contribution in [0.2, 0.25) is 0 Å². The Labute approximate surface area is 140 Å². The number of carbonyl (C=O) groups excluding carboxylic acids is 1. The Bertz CT molecular complexity index is 444. The van der Waals surface area contributed by atoms with Crippen molar-refractivity contribution in [3.8, 4) is 0 Å². The first-order valence-corrected chi connectivity index (χ1v) is 8.86. The summed E-state index contributed by atoms with van der Waals surface area (Å²) in [4.78, 5) is 11.8. The molecule has 4 heteroatoms. The molecule has 2 aliphatic rings. The monoisotopic (exact) mass is 324 g/mol. The van der Waals surface area contributed by atoms with Gasteiger partial charge in [-0.2, -0.15) is 0 Å². The molecule has 0 aromatic rings. The van der Waals surface area contributed by atoms with Crippen LogP contribution in [0.15, 0.2) is 11.6 Å². The molecule has 0 amide bonds. The first-order valence-electron chi connectivity index (χ1n) is 8.86. The van der Waals surface area contributed by atoms with E-state index in [1.54, 1.807) is 0 Å². The number of hydrogen-bond acceptors (Lipinski definition) is 4. The Morgan fingerprint density at radius 2 is 2.09 bits per heavy atom. The van der Waals surface area contributed by atoms with Gasteiger partial charge in [0.25, 0.3) is 0 Å². The van der Waals surface area contributed by atoms with Crippen molar-refractivity contribution >= 4 is 5.97 Å². The molecule has 2 rings (SSSR count). The lowest BCUT2D eigenvalue weighted by Gasteiger charge is -2.43. The molecule has 23 heavy (non-hydrogen) atoms. The van der Waals surface area contributed by atoms with Gasteiger partial charge >= 0.3 is 5.97 Å². The molecule has 0 aromatic carbocycles. The van der Waals surface area contributed by atoms with Gasteiger partial charge in [0, 0.05) is 12.3 Å². The molecule has 0 N–H and O–H groups in total. The van der Waals surface area contributed by atoms with E-state index in [0.29, 0.717) is 31.5 Å². The number of esters is 1. The maximum absolute atomic E-state index is 11.8. The second kappa shape index (κ2) is 7.35. The van der Waals surface area contributed by atoms with E-state index in [1.165, 1.54) is 5.57 Å². The number of ether oxygens (including phenoxy) is 3. The van der Waals surface area contributed by atoms with Gasteiger partial charge in [-0.15, -0.1) is 0 Å². The molecule has 1 spiro atoms. The lowest BCUT2D eigenvalue weighted by molar-refractivity contribution is -0.146. The fraction of sp³-hybridized carbons (Fsp3) is 0.842. The van der Waals surface area contributed by atoms with Gasteiger partial charge in [0.05, 0.1) is 31.0 Å². The fourth-order valence-corrected chi connectivity index (χ4v) is 3.81. The smallest absolute Gasteiger partial charge is 0.306 e. The van der Waals surface area contributed by atoms with Gasteiger partial charge in [-0.3, -0.25) is 4.79 Å². The third kappa shape index (κ3) is 4.80. The minimum absolute atomic E-state index is 0.0143. The van der Waals surface area contributed by atoms with E-state index < -0.39 is 0 Å². The SMILES string of the molecule is CCOC(=O)CC1CCC2(CO2)C(C(C)(C)OCC=C(C)C)C1. The van der Waals surface area contributed by atoms with E-state index in [4.69, 9.17) is 14.2 Å². The van der Waals surface area contributed by atoms with Crippen molar-refractivity contribution in [1.82, 2.24) is 0 Å². The molecule has 4 nitrogen and oxygen atoms in total. The summed E-state index contributed by atoms with van der Waals surface area (Å²) in [5, 5.41) is 0. The molecule has 0 aromatic heterocycles. The molecule has 0 radical (unpaired) electrons. The van der Waals surface area contributed by atoms with Gasteiger partial charge in [0.15, 0.2) is 0 Å². The fourth-order valence-electron chi connectivity index (χ4n) is 3.81. The molecule has 0 bridgehead atoms. The van der Waals surface area contributed by atoms with Gasteiger partial charge in [0.2, 0.25) is 0 Å². The molecule has 3 unspecified atom stereocenters.